The van der Waals surface area contributed by atoms with Crippen molar-refractivity contribution in [3.63, 3.8) is 0 Å². The number of carbonyl (C=O) groups is 2. The summed E-state index contributed by atoms with van der Waals surface area (Å²) in [7, 11) is 1.95. The number of aryl methyl sites for hydroxylation is 1. The average Bonchev–Trinajstić information content (AvgIpc) is 3.25. The van der Waals surface area contributed by atoms with Gasteiger partial charge in [0.25, 0.3) is 5.91 Å². The van der Waals surface area contributed by atoms with Crippen molar-refractivity contribution < 1.29 is 23.8 Å². The van der Waals surface area contributed by atoms with Gasteiger partial charge in [-0.25, -0.2) is 14.4 Å². The molecular weight excluding hydrogens is 537 g/mol. The SMILES string of the molecule is Cn1c(CN2CCC(c3cccc(OCc4ccc(Cl)cc4F)n3)CC2)nc2cc(C(=O)NCC(=O)O)ccc21. The summed E-state index contributed by atoms with van der Waals surface area (Å²) in [6, 6.07) is 15.4. The number of hydrogen-bond donors (Lipinski definition) is 2. The van der Waals surface area contributed by atoms with Crippen molar-refractivity contribution in [2.45, 2.75) is 31.9 Å². The molecule has 2 aromatic carbocycles. The molecule has 11 heteroatoms. The summed E-state index contributed by atoms with van der Waals surface area (Å²) in [5.74, 6) is -0.304. The molecule has 0 bridgehead atoms. The van der Waals surface area contributed by atoms with E-state index in [2.05, 4.69) is 15.2 Å². The minimum atomic E-state index is -1.10. The lowest BCUT2D eigenvalue weighted by atomic mass is 9.93. The second-order valence-corrected chi connectivity index (χ2v) is 10.3. The van der Waals surface area contributed by atoms with Crippen LogP contribution < -0.4 is 10.1 Å². The van der Waals surface area contributed by atoms with Gasteiger partial charge in [0.2, 0.25) is 5.88 Å². The number of carboxylic acids is 1. The van der Waals surface area contributed by atoms with E-state index in [0.29, 0.717) is 40.0 Å². The minimum Gasteiger partial charge on any atom is -0.480 e. The Morgan fingerprint density at radius 1 is 1.12 bits per heavy atom. The standard InChI is InChI=1S/C29H29ClFN5O4/c1-35-25-8-6-19(29(39)32-15-28(37)38)13-24(25)33-26(35)16-36-11-9-18(10-12-36)23-3-2-4-27(34-23)40-17-20-5-7-21(30)14-22(20)31/h2-8,13-14,18H,9-12,15-17H2,1H3,(H,32,39)(H,37,38). The normalized spacial score (nSPS) is 14.4. The monoisotopic (exact) mass is 565 g/mol. The summed E-state index contributed by atoms with van der Waals surface area (Å²) in [5, 5.41) is 11.5. The van der Waals surface area contributed by atoms with Crippen LogP contribution in [0, 0.1) is 5.82 Å². The average molecular weight is 566 g/mol. The molecule has 1 aliphatic heterocycles. The maximum Gasteiger partial charge on any atom is 0.322 e. The second-order valence-electron chi connectivity index (χ2n) is 9.84. The first kappa shape index (κ1) is 27.5. The third kappa shape index (κ3) is 6.40. The maximum absolute atomic E-state index is 14.1. The highest BCUT2D eigenvalue weighted by atomic mass is 35.5. The number of nitrogens with zero attached hydrogens (tertiary/aromatic N) is 4. The molecule has 1 saturated heterocycles. The van der Waals surface area contributed by atoms with Crippen LogP contribution in [-0.2, 0) is 25.0 Å². The number of piperidine rings is 1. The number of amides is 1. The second kappa shape index (κ2) is 12.0. The zero-order valence-corrected chi connectivity index (χ0v) is 22.7. The van der Waals surface area contributed by atoms with Gasteiger partial charge >= 0.3 is 5.97 Å². The predicted octanol–water partition coefficient (Wildman–Crippen LogP) is 4.53. The Morgan fingerprint density at radius 2 is 1.93 bits per heavy atom. The van der Waals surface area contributed by atoms with E-state index in [-0.39, 0.29) is 6.61 Å². The van der Waals surface area contributed by atoms with Gasteiger partial charge in [-0.1, -0.05) is 23.7 Å². The number of nitrogens with one attached hydrogen (secondary N) is 1. The summed E-state index contributed by atoms with van der Waals surface area (Å²) >= 11 is 5.83. The van der Waals surface area contributed by atoms with E-state index in [0.717, 1.165) is 43.0 Å². The van der Waals surface area contributed by atoms with Crippen molar-refractivity contribution in [3.05, 3.63) is 88.1 Å². The van der Waals surface area contributed by atoms with Gasteiger partial charge in [-0.2, -0.15) is 0 Å². The lowest BCUT2D eigenvalue weighted by molar-refractivity contribution is -0.135. The Morgan fingerprint density at radius 3 is 2.67 bits per heavy atom. The van der Waals surface area contributed by atoms with Crippen LogP contribution in [0.15, 0.2) is 54.6 Å². The molecule has 3 heterocycles. The molecule has 0 aliphatic carbocycles. The molecule has 0 spiro atoms. The molecule has 0 unspecified atom stereocenters. The van der Waals surface area contributed by atoms with E-state index in [4.69, 9.17) is 26.4 Å². The minimum absolute atomic E-state index is 0.0738. The number of aliphatic carboxylic acids is 1. The fourth-order valence-corrected chi connectivity index (χ4v) is 5.06. The number of ether oxygens (including phenoxy) is 1. The fraction of sp³-hybridized carbons (Fsp3) is 0.310. The van der Waals surface area contributed by atoms with Gasteiger partial charge in [-0.3, -0.25) is 14.5 Å². The Balaban J connectivity index is 1.18. The topological polar surface area (TPSA) is 110 Å². The third-order valence-corrected chi connectivity index (χ3v) is 7.38. The highest BCUT2D eigenvalue weighted by molar-refractivity contribution is 6.30. The van der Waals surface area contributed by atoms with Crippen LogP contribution in [0.1, 0.15) is 46.2 Å². The van der Waals surface area contributed by atoms with E-state index in [1.165, 1.54) is 6.07 Å². The number of carbonyl (C=O) groups excluding carboxylic acids is 1. The number of carboxylic acid groups (broad SMARTS) is 1. The number of rotatable bonds is 9. The van der Waals surface area contributed by atoms with E-state index in [9.17, 15) is 14.0 Å². The number of hydrogen-bond acceptors (Lipinski definition) is 6. The quantitative estimate of drug-likeness (QED) is 0.307. The smallest absolute Gasteiger partial charge is 0.322 e. The zero-order chi connectivity index (χ0) is 28.2. The number of fused-ring (bicyclic) bond motifs is 1. The van der Waals surface area contributed by atoms with E-state index in [1.807, 2.05) is 29.8 Å². The largest absolute Gasteiger partial charge is 0.480 e. The molecule has 208 valence electrons. The number of pyridine rings is 1. The molecule has 0 radical (unpaired) electrons. The molecule has 0 atom stereocenters. The van der Waals surface area contributed by atoms with Gasteiger partial charge in [0.15, 0.2) is 0 Å². The molecular formula is C29H29ClFN5O4. The van der Waals surface area contributed by atoms with Crippen LogP contribution in [0.25, 0.3) is 11.0 Å². The molecule has 0 saturated carbocycles. The number of halogens is 2. The fourth-order valence-electron chi connectivity index (χ4n) is 4.91. The van der Waals surface area contributed by atoms with Crippen LogP contribution in [0.4, 0.5) is 4.39 Å². The van der Waals surface area contributed by atoms with Gasteiger partial charge in [-0.15, -0.1) is 0 Å². The van der Waals surface area contributed by atoms with Crippen LogP contribution >= 0.6 is 11.6 Å². The molecule has 9 nitrogen and oxygen atoms in total. The van der Waals surface area contributed by atoms with Gasteiger partial charge in [0, 0.05) is 40.9 Å². The van der Waals surface area contributed by atoms with Crippen LogP contribution in [-0.4, -0.2) is 56.1 Å². The number of imidazole rings is 1. The van der Waals surface area contributed by atoms with E-state index < -0.39 is 24.2 Å². The van der Waals surface area contributed by atoms with Crippen molar-refractivity contribution in [2.24, 2.45) is 7.05 Å². The van der Waals surface area contributed by atoms with Gasteiger partial charge in [0.1, 0.15) is 24.8 Å². The molecule has 4 aromatic rings. The first-order valence-corrected chi connectivity index (χ1v) is 13.4. The Hall–Kier alpha value is -4.02. The van der Waals surface area contributed by atoms with Gasteiger partial charge < -0.3 is 19.7 Å². The van der Waals surface area contributed by atoms with Crippen molar-refractivity contribution in [1.82, 2.24) is 24.8 Å². The number of aromatic nitrogens is 3. The third-order valence-electron chi connectivity index (χ3n) is 7.14. The molecule has 1 aliphatic rings. The summed E-state index contributed by atoms with van der Waals surface area (Å²) in [6.45, 7) is 2.06. The first-order valence-electron chi connectivity index (χ1n) is 13.0. The summed E-state index contributed by atoms with van der Waals surface area (Å²) in [4.78, 5) is 34.8. The Kier molecular flexibility index (Phi) is 8.27. The summed E-state index contributed by atoms with van der Waals surface area (Å²) in [5.41, 5.74) is 3.35. The van der Waals surface area contributed by atoms with Crippen molar-refractivity contribution >= 4 is 34.5 Å². The molecule has 40 heavy (non-hydrogen) atoms. The Bertz CT molecular complexity index is 1550. The van der Waals surface area contributed by atoms with E-state index in [1.54, 1.807) is 30.3 Å². The van der Waals surface area contributed by atoms with Crippen LogP contribution in [0.2, 0.25) is 5.02 Å². The van der Waals surface area contributed by atoms with E-state index >= 15 is 0 Å². The summed E-state index contributed by atoms with van der Waals surface area (Å²) < 4.78 is 21.9. The molecule has 5 rings (SSSR count). The highest BCUT2D eigenvalue weighted by Crippen LogP contribution is 2.29. The van der Waals surface area contributed by atoms with Crippen molar-refractivity contribution in [2.75, 3.05) is 19.6 Å². The summed E-state index contributed by atoms with van der Waals surface area (Å²) in [6.07, 6.45) is 1.86. The lowest BCUT2D eigenvalue weighted by Gasteiger charge is -2.31. The van der Waals surface area contributed by atoms with Crippen LogP contribution in [0.5, 0.6) is 5.88 Å². The van der Waals surface area contributed by atoms with Gasteiger partial charge in [-0.05, 0) is 62.3 Å². The zero-order valence-electron chi connectivity index (χ0n) is 21.9. The molecule has 1 fully saturated rings. The van der Waals surface area contributed by atoms with Crippen LogP contribution in [0.3, 0.4) is 0 Å². The number of likely N-dealkylation sites (tertiary alicyclic amines) is 1. The first-order chi connectivity index (χ1) is 19.3. The highest BCUT2D eigenvalue weighted by Gasteiger charge is 2.23. The number of benzene rings is 2. The Labute approximate surface area is 235 Å². The van der Waals surface area contributed by atoms with Gasteiger partial charge in [0.05, 0.1) is 17.6 Å². The molecule has 1 amide bonds. The molecule has 2 N–H and O–H groups in total. The lowest BCUT2D eigenvalue weighted by Crippen LogP contribution is -2.33. The molecule has 2 aromatic heterocycles. The maximum atomic E-state index is 14.1. The van der Waals surface area contributed by atoms with Crippen molar-refractivity contribution in [1.29, 1.82) is 0 Å². The predicted molar refractivity (Wildman–Crippen MR) is 148 cm³/mol. The van der Waals surface area contributed by atoms with Crippen molar-refractivity contribution in [3.8, 4) is 5.88 Å².